The monoisotopic (exact) mass is 311 g/mol. The molecule has 0 atom stereocenters. The van der Waals surface area contributed by atoms with E-state index in [1.165, 1.54) is 0 Å². The summed E-state index contributed by atoms with van der Waals surface area (Å²) in [6.45, 7) is 0.426. The van der Waals surface area contributed by atoms with Gasteiger partial charge in [-0.3, -0.25) is 0 Å². The zero-order chi connectivity index (χ0) is 12.3. The van der Waals surface area contributed by atoms with E-state index in [9.17, 15) is 0 Å². The van der Waals surface area contributed by atoms with Crippen LogP contribution < -0.4 is 10.5 Å². The summed E-state index contributed by atoms with van der Waals surface area (Å²) < 4.78 is 6.54. The Balaban J connectivity index is 2.10. The summed E-state index contributed by atoms with van der Waals surface area (Å²) in [5, 5.41) is 0.704. The minimum Gasteiger partial charge on any atom is -0.489 e. The number of ether oxygens (including phenoxy) is 1. The van der Waals surface area contributed by atoms with Gasteiger partial charge in [0.05, 0.1) is 0 Å². The third-order valence-corrected chi connectivity index (χ3v) is 3.07. The average Bonchev–Trinajstić information content (AvgIpc) is 2.27. The van der Waals surface area contributed by atoms with Gasteiger partial charge < -0.3 is 10.5 Å². The van der Waals surface area contributed by atoms with Crippen LogP contribution in [0, 0.1) is 0 Å². The van der Waals surface area contributed by atoms with Gasteiger partial charge in [0.2, 0.25) is 0 Å². The molecule has 2 rings (SSSR count). The van der Waals surface area contributed by atoms with Crippen LogP contribution in [0.3, 0.4) is 0 Å². The minimum absolute atomic E-state index is 0.426. The van der Waals surface area contributed by atoms with Gasteiger partial charge in [0, 0.05) is 26.8 Å². The fraction of sp³-hybridized carbons (Fsp3) is 0.0769. The van der Waals surface area contributed by atoms with E-state index in [1.807, 2.05) is 36.4 Å². The lowest BCUT2D eigenvalue weighted by Crippen LogP contribution is -1.97. The Morgan fingerprint density at radius 2 is 1.94 bits per heavy atom. The van der Waals surface area contributed by atoms with E-state index in [1.54, 1.807) is 6.07 Å². The fourth-order valence-corrected chi connectivity index (χ4v) is 2.12. The maximum atomic E-state index is 6.04. The molecular formula is C13H11BrClNO. The second-order valence-corrected chi connectivity index (χ2v) is 4.92. The van der Waals surface area contributed by atoms with Gasteiger partial charge in [0.25, 0.3) is 0 Å². The smallest absolute Gasteiger partial charge is 0.122 e. The zero-order valence-corrected chi connectivity index (χ0v) is 11.3. The average molecular weight is 313 g/mol. The van der Waals surface area contributed by atoms with E-state index in [2.05, 4.69) is 15.9 Å². The highest BCUT2D eigenvalue weighted by Gasteiger charge is 2.02. The Bertz CT molecular complexity index is 510. The van der Waals surface area contributed by atoms with Crippen LogP contribution in [-0.2, 0) is 6.61 Å². The highest BCUT2D eigenvalue weighted by Crippen LogP contribution is 2.24. The Labute approximate surface area is 113 Å². The van der Waals surface area contributed by atoms with Gasteiger partial charge in [-0.2, -0.15) is 0 Å². The molecule has 0 saturated heterocycles. The molecule has 4 heteroatoms. The first kappa shape index (κ1) is 12.3. The minimum atomic E-state index is 0.426. The summed E-state index contributed by atoms with van der Waals surface area (Å²) in [7, 11) is 0. The van der Waals surface area contributed by atoms with E-state index in [0.29, 0.717) is 17.3 Å². The lowest BCUT2D eigenvalue weighted by atomic mass is 10.2. The molecule has 2 nitrogen and oxygen atoms in total. The number of hydrogen-bond donors (Lipinski definition) is 1. The number of halogens is 2. The van der Waals surface area contributed by atoms with Crippen LogP contribution in [0.2, 0.25) is 5.02 Å². The van der Waals surface area contributed by atoms with Crippen LogP contribution in [0.15, 0.2) is 46.9 Å². The molecule has 88 valence electrons. The third-order valence-electron chi connectivity index (χ3n) is 2.25. The van der Waals surface area contributed by atoms with Crippen molar-refractivity contribution in [2.24, 2.45) is 0 Å². The molecule has 0 bridgehead atoms. The normalized spacial score (nSPS) is 10.2. The maximum Gasteiger partial charge on any atom is 0.122 e. The third kappa shape index (κ3) is 3.38. The van der Waals surface area contributed by atoms with Crippen molar-refractivity contribution in [1.82, 2.24) is 0 Å². The summed E-state index contributed by atoms with van der Waals surface area (Å²) in [4.78, 5) is 0. The summed E-state index contributed by atoms with van der Waals surface area (Å²) in [6.07, 6.45) is 0. The van der Waals surface area contributed by atoms with Crippen molar-refractivity contribution < 1.29 is 4.74 Å². The molecule has 0 aliphatic heterocycles. The lowest BCUT2D eigenvalue weighted by Gasteiger charge is -2.08. The van der Waals surface area contributed by atoms with Crippen molar-refractivity contribution in [3.8, 4) is 5.75 Å². The van der Waals surface area contributed by atoms with Crippen molar-refractivity contribution in [1.29, 1.82) is 0 Å². The Morgan fingerprint density at radius 1 is 1.18 bits per heavy atom. The SMILES string of the molecule is Nc1cc(Br)cc(OCc2ccccc2Cl)c1. The molecule has 0 spiro atoms. The van der Waals surface area contributed by atoms with Crippen molar-refractivity contribution >= 4 is 33.2 Å². The van der Waals surface area contributed by atoms with Crippen LogP contribution in [0.1, 0.15) is 5.56 Å². The number of benzene rings is 2. The Kier molecular flexibility index (Phi) is 3.92. The van der Waals surface area contributed by atoms with E-state index in [4.69, 9.17) is 22.1 Å². The molecule has 2 aromatic carbocycles. The maximum absolute atomic E-state index is 6.04. The molecule has 17 heavy (non-hydrogen) atoms. The van der Waals surface area contributed by atoms with Crippen LogP contribution in [-0.4, -0.2) is 0 Å². The first-order valence-corrected chi connectivity index (χ1v) is 6.24. The fourth-order valence-electron chi connectivity index (χ4n) is 1.44. The topological polar surface area (TPSA) is 35.2 Å². The van der Waals surface area contributed by atoms with Gasteiger partial charge in [-0.15, -0.1) is 0 Å². The van der Waals surface area contributed by atoms with E-state index in [0.717, 1.165) is 15.8 Å². The Hall–Kier alpha value is -1.19. The zero-order valence-electron chi connectivity index (χ0n) is 8.99. The number of anilines is 1. The second-order valence-electron chi connectivity index (χ2n) is 3.60. The molecule has 0 aromatic heterocycles. The summed E-state index contributed by atoms with van der Waals surface area (Å²) in [5.41, 5.74) is 7.33. The molecule has 0 fully saturated rings. The summed E-state index contributed by atoms with van der Waals surface area (Å²) in [6, 6.07) is 13.1. The molecule has 0 unspecified atom stereocenters. The molecule has 0 aliphatic carbocycles. The number of nitrogen functional groups attached to an aromatic ring is 1. The van der Waals surface area contributed by atoms with Gasteiger partial charge in [-0.05, 0) is 18.2 Å². The molecule has 0 saturated carbocycles. The van der Waals surface area contributed by atoms with Crippen molar-refractivity contribution in [3.63, 3.8) is 0 Å². The van der Waals surface area contributed by atoms with Crippen LogP contribution in [0.4, 0.5) is 5.69 Å². The van der Waals surface area contributed by atoms with E-state index < -0.39 is 0 Å². The van der Waals surface area contributed by atoms with E-state index >= 15 is 0 Å². The lowest BCUT2D eigenvalue weighted by molar-refractivity contribution is 0.306. The molecule has 2 N–H and O–H groups in total. The molecule has 2 aromatic rings. The molecule has 0 radical (unpaired) electrons. The first-order valence-electron chi connectivity index (χ1n) is 5.07. The predicted molar refractivity (Wildman–Crippen MR) is 74.3 cm³/mol. The number of rotatable bonds is 3. The van der Waals surface area contributed by atoms with Crippen LogP contribution in [0.5, 0.6) is 5.75 Å². The van der Waals surface area contributed by atoms with Crippen molar-refractivity contribution in [3.05, 3.63) is 57.5 Å². The van der Waals surface area contributed by atoms with Crippen LogP contribution in [0.25, 0.3) is 0 Å². The standard InChI is InChI=1S/C13H11BrClNO/c14-10-5-11(16)7-12(6-10)17-8-9-3-1-2-4-13(9)15/h1-7H,8,16H2. The molecular weight excluding hydrogens is 302 g/mol. The quantitative estimate of drug-likeness (QED) is 0.859. The summed E-state index contributed by atoms with van der Waals surface area (Å²) >= 11 is 9.41. The first-order chi connectivity index (χ1) is 8.15. The molecule has 0 aliphatic rings. The van der Waals surface area contributed by atoms with Crippen LogP contribution >= 0.6 is 27.5 Å². The van der Waals surface area contributed by atoms with Gasteiger partial charge in [-0.25, -0.2) is 0 Å². The van der Waals surface area contributed by atoms with Crippen molar-refractivity contribution in [2.45, 2.75) is 6.61 Å². The van der Waals surface area contributed by atoms with Gasteiger partial charge >= 0.3 is 0 Å². The Morgan fingerprint density at radius 3 is 2.65 bits per heavy atom. The number of nitrogens with two attached hydrogens (primary N) is 1. The number of hydrogen-bond acceptors (Lipinski definition) is 2. The van der Waals surface area contributed by atoms with Crippen molar-refractivity contribution in [2.75, 3.05) is 5.73 Å². The van der Waals surface area contributed by atoms with Gasteiger partial charge in [0.15, 0.2) is 0 Å². The highest BCUT2D eigenvalue weighted by molar-refractivity contribution is 9.10. The van der Waals surface area contributed by atoms with E-state index in [-0.39, 0.29) is 0 Å². The highest BCUT2D eigenvalue weighted by atomic mass is 79.9. The molecule has 0 amide bonds. The largest absolute Gasteiger partial charge is 0.489 e. The van der Waals surface area contributed by atoms with Gasteiger partial charge in [0.1, 0.15) is 12.4 Å². The predicted octanol–water partition coefficient (Wildman–Crippen LogP) is 4.26. The van der Waals surface area contributed by atoms with Gasteiger partial charge in [-0.1, -0.05) is 45.7 Å². The second kappa shape index (κ2) is 5.43. The summed E-state index contributed by atoms with van der Waals surface area (Å²) in [5.74, 6) is 0.719. The molecule has 0 heterocycles.